The molecule has 3 aliphatic rings. The average Bonchev–Trinajstić information content (AvgIpc) is 1.50. The van der Waals surface area contributed by atoms with E-state index in [9.17, 15) is 38.4 Å². The van der Waals surface area contributed by atoms with Gasteiger partial charge in [0.15, 0.2) is 28.7 Å². The Morgan fingerprint density at radius 2 is 0.878 bits per heavy atom. The number of allylic oxidation sites excluding steroid dienone is 1. The molecule has 0 spiro atoms. The third-order valence-corrected chi connectivity index (χ3v) is 18.7. The molecular weight excluding hydrogens is 1330 g/mol. The number of Topliss-reactive ketones (excluding diaryl/α,β-unsaturated/α-hetero) is 1. The predicted octanol–water partition coefficient (Wildman–Crippen LogP) is 9.83. The molecule has 98 heavy (non-hydrogen) atoms. The quantitative estimate of drug-likeness (QED) is 0.0340. The van der Waals surface area contributed by atoms with Crippen LogP contribution in [0.1, 0.15) is 161 Å². The Morgan fingerprint density at radius 1 is 0.500 bits per heavy atom. The van der Waals surface area contributed by atoms with Crippen molar-refractivity contribution in [3.05, 3.63) is 209 Å². The van der Waals surface area contributed by atoms with E-state index in [2.05, 4.69) is 63.1 Å². The van der Waals surface area contributed by atoms with Crippen LogP contribution < -0.4 is 23.0 Å². The van der Waals surface area contributed by atoms with Crippen molar-refractivity contribution in [1.82, 2.24) is 19.9 Å². The van der Waals surface area contributed by atoms with Crippen molar-refractivity contribution in [2.45, 2.75) is 116 Å². The van der Waals surface area contributed by atoms with Gasteiger partial charge in [0, 0.05) is 19.3 Å². The first-order chi connectivity index (χ1) is 46.6. The van der Waals surface area contributed by atoms with Gasteiger partial charge in [-0.2, -0.15) is 0 Å². The van der Waals surface area contributed by atoms with Crippen LogP contribution in [0.15, 0.2) is 170 Å². The number of carboxylic acid groups (broad SMARTS) is 1. The SMILES string of the molecule is C.COC(=O)c1coc(C=C2CCC(C(=O)OCc3ccccc3)CC2)n1.COC(=O)c1coc(CC2CCC(C(=O)O)CC2)n1.COC(=O)c1coc(CCl)n1.COC(=O)c1coc(C[PH+](c2ccccc2)c2ccccc2)n1.O=C1CCC(C(=O)OCc2ccccc2)CC1.[Cl-]. The zero-order valence-electron chi connectivity index (χ0n) is 54.1. The lowest BCUT2D eigenvalue weighted by Crippen LogP contribution is -3.00. The molecule has 23 nitrogen and oxygen atoms in total. The molecule has 0 atom stereocenters. The molecule has 4 aromatic carbocycles. The molecule has 0 unspecified atom stereocenters. The van der Waals surface area contributed by atoms with Gasteiger partial charge in [-0.25, -0.2) is 39.1 Å². The maximum Gasteiger partial charge on any atom is 0.360 e. The number of ketones is 1. The molecule has 0 radical (unpaired) electrons. The monoisotopic (exact) mass is 1410 g/mol. The van der Waals surface area contributed by atoms with Crippen LogP contribution in [0.25, 0.3) is 6.08 Å². The lowest BCUT2D eigenvalue weighted by molar-refractivity contribution is -0.152. The zero-order chi connectivity index (χ0) is 68.6. The summed E-state index contributed by atoms with van der Waals surface area (Å²) < 4.78 is 49.7. The summed E-state index contributed by atoms with van der Waals surface area (Å²) >= 11 is 5.38. The van der Waals surface area contributed by atoms with E-state index in [1.165, 1.54) is 64.1 Å². The molecule has 0 saturated heterocycles. The Bertz CT molecular complexity index is 3740. The Balaban J connectivity index is 0.000000225. The number of oxazole rings is 4. The van der Waals surface area contributed by atoms with Crippen LogP contribution in [0.5, 0.6) is 0 Å². The molecule has 4 heterocycles. The Labute approximate surface area is 580 Å². The summed E-state index contributed by atoms with van der Waals surface area (Å²) in [6.07, 6.45) is 16.8. The highest BCUT2D eigenvalue weighted by atomic mass is 35.5. The number of aromatic nitrogens is 4. The van der Waals surface area contributed by atoms with Gasteiger partial charge in [0.1, 0.15) is 50.2 Å². The van der Waals surface area contributed by atoms with Crippen LogP contribution in [-0.2, 0) is 79.3 Å². The fraction of sp³-hybridized carbons (Fsp3) is 0.361. The molecule has 8 aromatic rings. The number of esters is 6. The van der Waals surface area contributed by atoms with E-state index in [0.29, 0.717) is 93.8 Å². The molecule has 0 amide bonds. The van der Waals surface area contributed by atoms with Crippen LogP contribution in [0.2, 0.25) is 0 Å². The van der Waals surface area contributed by atoms with Crippen LogP contribution in [0.3, 0.4) is 0 Å². The number of carbonyl (C=O) groups is 8. The third-order valence-electron chi connectivity index (χ3n) is 15.7. The van der Waals surface area contributed by atoms with Crippen molar-refractivity contribution < 1.29 is 102 Å². The van der Waals surface area contributed by atoms with Gasteiger partial charge in [-0.05, 0) is 112 Å². The normalized spacial score (nSPS) is 15.4. The van der Waals surface area contributed by atoms with Gasteiger partial charge in [-0.1, -0.05) is 110 Å². The van der Waals surface area contributed by atoms with E-state index in [-0.39, 0.29) is 84.0 Å². The maximum absolute atomic E-state index is 12.2. The van der Waals surface area contributed by atoms with E-state index in [1.807, 2.05) is 103 Å². The van der Waals surface area contributed by atoms with Crippen molar-refractivity contribution in [3.63, 3.8) is 0 Å². The molecule has 0 bridgehead atoms. The fourth-order valence-electron chi connectivity index (χ4n) is 10.4. The Kier molecular flexibility index (Phi) is 34.1. The molecule has 4 aromatic heterocycles. The number of carboxylic acids is 1. The molecular formula is C72H81Cl2N4O19P. The number of methoxy groups -OCH3 is 4. The van der Waals surface area contributed by atoms with Crippen LogP contribution in [0.4, 0.5) is 0 Å². The number of carbonyl (C=O) groups excluding carboxylic acids is 7. The number of nitrogens with zero attached hydrogens (tertiary/aromatic N) is 4. The number of rotatable bonds is 19. The number of benzene rings is 4. The van der Waals surface area contributed by atoms with Crippen molar-refractivity contribution in [2.24, 2.45) is 23.7 Å². The molecule has 3 saturated carbocycles. The lowest BCUT2D eigenvalue weighted by Gasteiger charge is -2.24. The first-order valence-electron chi connectivity index (χ1n) is 31.1. The minimum absolute atomic E-state index is 0. The predicted molar refractivity (Wildman–Crippen MR) is 358 cm³/mol. The largest absolute Gasteiger partial charge is 1.00 e. The average molecular weight is 1410 g/mol. The third kappa shape index (κ3) is 25.8. The molecule has 1 N–H and O–H groups in total. The van der Waals surface area contributed by atoms with Gasteiger partial charge in [0.25, 0.3) is 0 Å². The van der Waals surface area contributed by atoms with Crippen molar-refractivity contribution in [1.29, 1.82) is 0 Å². The van der Waals surface area contributed by atoms with E-state index < -0.39 is 37.8 Å². The smallest absolute Gasteiger partial charge is 0.360 e. The summed E-state index contributed by atoms with van der Waals surface area (Å²) in [5.41, 5.74) is 3.81. The minimum Gasteiger partial charge on any atom is -1.00 e. The fourth-order valence-corrected chi connectivity index (χ4v) is 12.9. The minimum atomic E-state index is -1.08. The van der Waals surface area contributed by atoms with E-state index in [1.54, 1.807) is 0 Å². The number of aliphatic carboxylic acids is 1. The summed E-state index contributed by atoms with van der Waals surface area (Å²) in [6, 6.07) is 40.0. The molecule has 11 rings (SSSR count). The van der Waals surface area contributed by atoms with Gasteiger partial charge >= 0.3 is 41.8 Å². The van der Waals surface area contributed by atoms with Gasteiger partial charge in [-0.15, -0.1) is 11.6 Å². The molecule has 26 heteroatoms. The maximum atomic E-state index is 12.2. The van der Waals surface area contributed by atoms with E-state index >= 15 is 0 Å². The highest BCUT2D eigenvalue weighted by Crippen LogP contribution is 2.38. The number of hydrogen-bond donors (Lipinski definition) is 1. The lowest BCUT2D eigenvalue weighted by atomic mass is 9.80. The Morgan fingerprint density at radius 3 is 1.30 bits per heavy atom. The van der Waals surface area contributed by atoms with Gasteiger partial charge in [-0.3, -0.25) is 19.2 Å². The number of halogens is 2. The second kappa shape index (κ2) is 42.2. The first-order valence-corrected chi connectivity index (χ1v) is 33.3. The first kappa shape index (κ1) is 79.1. The number of ether oxygens (including phenoxy) is 6. The summed E-state index contributed by atoms with van der Waals surface area (Å²) in [6.45, 7) is 0.635. The zero-order valence-corrected chi connectivity index (χ0v) is 56.6. The summed E-state index contributed by atoms with van der Waals surface area (Å²) in [5.74, 6) is -0.877. The topological polar surface area (TPSA) is 316 Å². The Hall–Kier alpha value is -9.57. The number of alkyl halides is 1. The van der Waals surface area contributed by atoms with Crippen molar-refractivity contribution in [3.8, 4) is 0 Å². The summed E-state index contributed by atoms with van der Waals surface area (Å²) in [4.78, 5) is 107. The number of hydrogen-bond acceptors (Lipinski definition) is 22. The second-order valence-corrected chi connectivity index (χ2v) is 25.0. The highest BCUT2D eigenvalue weighted by Gasteiger charge is 2.30. The van der Waals surface area contributed by atoms with Gasteiger partial charge in [0.2, 0.25) is 17.7 Å². The molecule has 0 aliphatic heterocycles. The molecule has 3 aliphatic carbocycles. The highest BCUT2D eigenvalue weighted by molar-refractivity contribution is 7.72. The van der Waals surface area contributed by atoms with Gasteiger partial charge < -0.3 is 63.6 Å². The standard InChI is InChI=1S/C20H21NO5.C18H16NO3P.C14H16O3.C13H17NO5.C6H6ClNO3.CH4.ClH/c1-24-20(23)17-13-25-18(21-17)11-14-7-9-16(10-8-14)19(22)26-12-15-5-3-2-4-6-15;1-21-18(20)16-12-22-17(19-16)13-23(14-8-4-2-5-9-14)15-10-6-3-7-11-15;15-13-8-6-12(7-9-13)14(16)17-10-11-4-2-1-3-5-11;1-18-13(17)10-7-19-11(14-10)6-8-2-4-9(5-3-8)12(15)16;1-10-6(9)4-3-11-5(2-7)8-4;;/h2-6,11,13,16H,7-10,12H2,1H3;2-12H,13H2,1H3;1-5,12H,6-10H2;7-9H,2-6H2,1H3,(H,15,16);3H,2H2,1H3;1H4;1H. The molecule has 522 valence electrons. The molecule has 3 fully saturated rings. The van der Waals surface area contributed by atoms with Crippen LogP contribution in [0, 0.1) is 23.7 Å². The van der Waals surface area contributed by atoms with Crippen LogP contribution >= 0.6 is 19.5 Å². The van der Waals surface area contributed by atoms with Crippen LogP contribution in [-0.4, -0.2) is 101 Å². The van der Waals surface area contributed by atoms with Gasteiger partial charge in [0.05, 0.1) is 70.6 Å². The van der Waals surface area contributed by atoms with E-state index in [4.69, 9.17) is 43.8 Å². The van der Waals surface area contributed by atoms with Crippen molar-refractivity contribution in [2.75, 3.05) is 28.4 Å². The van der Waals surface area contributed by atoms with Crippen molar-refractivity contribution >= 4 is 83.8 Å². The summed E-state index contributed by atoms with van der Waals surface area (Å²) in [7, 11) is 4.12. The second-order valence-electron chi connectivity index (χ2n) is 22.3. The van der Waals surface area contributed by atoms with E-state index in [0.717, 1.165) is 55.2 Å². The summed E-state index contributed by atoms with van der Waals surface area (Å²) in [5, 5.41) is 11.5.